The van der Waals surface area contributed by atoms with E-state index in [1.807, 2.05) is 7.05 Å². The standard InChI is InChI=1S/C12H25N3O/c1-12(2,9-14(3)4)8-13-10-6-7-15(5)11(10)16/h10,13H,6-9H2,1-5H3. The first kappa shape index (κ1) is 13.5. The van der Waals surface area contributed by atoms with Gasteiger partial charge in [0.15, 0.2) is 0 Å². The number of carbonyl (C=O) groups excluding carboxylic acids is 1. The average molecular weight is 227 g/mol. The summed E-state index contributed by atoms with van der Waals surface area (Å²) in [6.45, 7) is 7.24. The van der Waals surface area contributed by atoms with Gasteiger partial charge in [-0.3, -0.25) is 4.79 Å². The molecule has 94 valence electrons. The molecular weight excluding hydrogens is 202 g/mol. The van der Waals surface area contributed by atoms with Crippen LogP contribution >= 0.6 is 0 Å². The molecule has 0 aromatic carbocycles. The number of likely N-dealkylation sites (N-methyl/N-ethyl adjacent to an activating group) is 1. The van der Waals surface area contributed by atoms with E-state index in [1.165, 1.54) is 0 Å². The number of nitrogens with one attached hydrogen (secondary N) is 1. The molecule has 1 aliphatic rings. The molecule has 1 amide bonds. The van der Waals surface area contributed by atoms with Crippen LogP contribution in [0, 0.1) is 5.41 Å². The number of likely N-dealkylation sites (tertiary alicyclic amines) is 1. The molecule has 0 radical (unpaired) electrons. The molecule has 1 atom stereocenters. The summed E-state index contributed by atoms with van der Waals surface area (Å²) < 4.78 is 0. The number of nitrogens with zero attached hydrogens (tertiary/aromatic N) is 2. The fraction of sp³-hybridized carbons (Fsp3) is 0.917. The van der Waals surface area contributed by atoms with E-state index in [9.17, 15) is 4.79 Å². The van der Waals surface area contributed by atoms with Gasteiger partial charge < -0.3 is 15.1 Å². The van der Waals surface area contributed by atoms with Gasteiger partial charge in [-0.15, -0.1) is 0 Å². The predicted molar refractivity (Wildman–Crippen MR) is 66.4 cm³/mol. The van der Waals surface area contributed by atoms with Gasteiger partial charge in [-0.2, -0.15) is 0 Å². The first-order valence-electron chi connectivity index (χ1n) is 5.95. The Balaban J connectivity index is 2.37. The van der Waals surface area contributed by atoms with Crippen LogP contribution < -0.4 is 5.32 Å². The van der Waals surface area contributed by atoms with Crippen LogP contribution in [0.5, 0.6) is 0 Å². The van der Waals surface area contributed by atoms with Crippen molar-refractivity contribution in [2.45, 2.75) is 26.3 Å². The predicted octanol–water partition coefficient (Wildman–Crippen LogP) is 0.395. The molecular formula is C12H25N3O. The third-order valence-corrected chi connectivity index (χ3v) is 3.00. The lowest BCUT2D eigenvalue weighted by Crippen LogP contribution is -2.44. The highest BCUT2D eigenvalue weighted by molar-refractivity contribution is 5.83. The van der Waals surface area contributed by atoms with Crippen LogP contribution in [0.2, 0.25) is 0 Å². The van der Waals surface area contributed by atoms with Gasteiger partial charge in [0.25, 0.3) is 0 Å². The van der Waals surface area contributed by atoms with Gasteiger partial charge in [-0.1, -0.05) is 13.8 Å². The van der Waals surface area contributed by atoms with Gasteiger partial charge >= 0.3 is 0 Å². The third kappa shape index (κ3) is 3.76. The first-order chi connectivity index (χ1) is 7.32. The third-order valence-electron chi connectivity index (χ3n) is 3.00. The lowest BCUT2D eigenvalue weighted by atomic mass is 9.92. The zero-order valence-corrected chi connectivity index (χ0v) is 11.2. The molecule has 0 bridgehead atoms. The smallest absolute Gasteiger partial charge is 0.239 e. The SMILES string of the molecule is CN(C)CC(C)(C)CNC1CCN(C)C1=O. The monoisotopic (exact) mass is 227 g/mol. The lowest BCUT2D eigenvalue weighted by Gasteiger charge is -2.29. The molecule has 1 N–H and O–H groups in total. The van der Waals surface area contributed by atoms with Crippen molar-refractivity contribution < 1.29 is 4.79 Å². The lowest BCUT2D eigenvalue weighted by molar-refractivity contribution is -0.128. The Morgan fingerprint density at radius 3 is 2.56 bits per heavy atom. The number of rotatable bonds is 5. The van der Waals surface area contributed by atoms with E-state index in [0.717, 1.165) is 26.1 Å². The zero-order chi connectivity index (χ0) is 12.3. The molecule has 16 heavy (non-hydrogen) atoms. The summed E-state index contributed by atoms with van der Waals surface area (Å²) in [5, 5.41) is 3.39. The fourth-order valence-corrected chi connectivity index (χ4v) is 2.32. The average Bonchev–Trinajstić information content (AvgIpc) is 2.43. The van der Waals surface area contributed by atoms with Crippen LogP contribution in [0.1, 0.15) is 20.3 Å². The van der Waals surface area contributed by atoms with Crippen molar-refractivity contribution in [1.29, 1.82) is 0 Å². The van der Waals surface area contributed by atoms with E-state index in [2.05, 4.69) is 38.2 Å². The van der Waals surface area contributed by atoms with E-state index in [-0.39, 0.29) is 17.4 Å². The molecule has 0 aromatic rings. The second-order valence-electron chi connectivity index (χ2n) is 5.88. The molecule has 4 nitrogen and oxygen atoms in total. The van der Waals surface area contributed by atoms with Crippen molar-refractivity contribution in [3.05, 3.63) is 0 Å². The van der Waals surface area contributed by atoms with E-state index in [0.29, 0.717) is 0 Å². The van der Waals surface area contributed by atoms with Crippen LogP contribution in [0.25, 0.3) is 0 Å². The van der Waals surface area contributed by atoms with E-state index >= 15 is 0 Å². The molecule has 1 rings (SSSR count). The quantitative estimate of drug-likeness (QED) is 0.738. The van der Waals surface area contributed by atoms with E-state index in [4.69, 9.17) is 0 Å². The number of carbonyl (C=O) groups is 1. The summed E-state index contributed by atoms with van der Waals surface area (Å²) in [4.78, 5) is 15.7. The molecule has 1 unspecified atom stereocenters. The summed E-state index contributed by atoms with van der Waals surface area (Å²) >= 11 is 0. The summed E-state index contributed by atoms with van der Waals surface area (Å²) in [6, 6.07) is 0.0337. The van der Waals surface area contributed by atoms with Crippen molar-refractivity contribution in [2.24, 2.45) is 5.41 Å². The Labute approximate surface area is 99.0 Å². The van der Waals surface area contributed by atoms with Crippen LogP contribution in [0.4, 0.5) is 0 Å². The fourth-order valence-electron chi connectivity index (χ4n) is 2.32. The Morgan fingerprint density at radius 1 is 1.50 bits per heavy atom. The Morgan fingerprint density at radius 2 is 2.12 bits per heavy atom. The van der Waals surface area contributed by atoms with Gasteiger partial charge in [0, 0.05) is 26.7 Å². The van der Waals surface area contributed by atoms with Gasteiger partial charge in [-0.25, -0.2) is 0 Å². The summed E-state index contributed by atoms with van der Waals surface area (Å²) in [5.74, 6) is 0.237. The molecule has 1 heterocycles. The molecule has 0 spiro atoms. The van der Waals surface area contributed by atoms with Crippen LogP contribution in [-0.4, -0.2) is 62.5 Å². The minimum Gasteiger partial charge on any atom is -0.344 e. The van der Waals surface area contributed by atoms with Crippen molar-refractivity contribution in [1.82, 2.24) is 15.1 Å². The van der Waals surface area contributed by atoms with Crippen molar-refractivity contribution in [3.8, 4) is 0 Å². The molecule has 1 aliphatic heterocycles. The summed E-state index contributed by atoms with van der Waals surface area (Å²) in [7, 11) is 6.03. The van der Waals surface area contributed by atoms with Crippen LogP contribution in [0.15, 0.2) is 0 Å². The maximum Gasteiger partial charge on any atom is 0.239 e. The van der Waals surface area contributed by atoms with Gasteiger partial charge in [0.2, 0.25) is 5.91 Å². The number of hydrogen-bond donors (Lipinski definition) is 1. The maximum atomic E-state index is 11.7. The number of hydrogen-bond acceptors (Lipinski definition) is 3. The zero-order valence-electron chi connectivity index (χ0n) is 11.2. The molecule has 1 saturated heterocycles. The minimum absolute atomic E-state index is 0.0337. The van der Waals surface area contributed by atoms with Crippen LogP contribution in [0.3, 0.4) is 0 Å². The molecule has 0 aromatic heterocycles. The van der Waals surface area contributed by atoms with Crippen molar-refractivity contribution in [2.75, 3.05) is 40.8 Å². The minimum atomic E-state index is 0.0337. The Hall–Kier alpha value is -0.610. The molecule has 0 aliphatic carbocycles. The summed E-state index contributed by atoms with van der Waals surface area (Å²) in [6.07, 6.45) is 0.938. The van der Waals surface area contributed by atoms with E-state index in [1.54, 1.807) is 4.90 Å². The Kier molecular flexibility index (Phi) is 4.33. The molecule has 0 saturated carbocycles. The van der Waals surface area contributed by atoms with Gasteiger partial charge in [-0.05, 0) is 25.9 Å². The molecule has 1 fully saturated rings. The second-order valence-corrected chi connectivity index (χ2v) is 5.88. The number of amides is 1. The van der Waals surface area contributed by atoms with Gasteiger partial charge in [0.05, 0.1) is 6.04 Å². The summed E-state index contributed by atoms with van der Waals surface area (Å²) in [5.41, 5.74) is 0.199. The highest BCUT2D eigenvalue weighted by Gasteiger charge is 2.30. The van der Waals surface area contributed by atoms with Crippen molar-refractivity contribution >= 4 is 5.91 Å². The van der Waals surface area contributed by atoms with E-state index < -0.39 is 0 Å². The van der Waals surface area contributed by atoms with Gasteiger partial charge in [0.1, 0.15) is 0 Å². The molecule has 4 heteroatoms. The highest BCUT2D eigenvalue weighted by atomic mass is 16.2. The first-order valence-corrected chi connectivity index (χ1v) is 5.95. The van der Waals surface area contributed by atoms with Crippen LogP contribution in [-0.2, 0) is 4.79 Å². The normalized spacial score (nSPS) is 22.2. The topological polar surface area (TPSA) is 35.6 Å². The van der Waals surface area contributed by atoms with Crippen molar-refractivity contribution in [3.63, 3.8) is 0 Å². The maximum absolute atomic E-state index is 11.7. The Bertz CT molecular complexity index is 251. The highest BCUT2D eigenvalue weighted by Crippen LogP contribution is 2.16. The largest absolute Gasteiger partial charge is 0.344 e. The second kappa shape index (κ2) is 5.15.